The van der Waals surface area contributed by atoms with Crippen LogP contribution in [0.3, 0.4) is 0 Å². The molecule has 0 bridgehead atoms. The molecule has 1 unspecified atom stereocenters. The third-order valence-corrected chi connectivity index (χ3v) is 4.04. The Morgan fingerprint density at radius 2 is 1.59 bits per heavy atom. The average molecular weight is 308 g/mol. The molecule has 0 heterocycles. The van der Waals surface area contributed by atoms with Crippen molar-refractivity contribution >= 4 is 23.1 Å². The fraction of sp³-hybridized carbons (Fsp3) is 0.625. The molecule has 0 saturated heterocycles. The van der Waals surface area contributed by atoms with Gasteiger partial charge in [-0.15, -0.1) is 0 Å². The SMILES string of the molecule is O=C1C=CC(=O)C1CCCCCC(O)OC1C(=O)CCC1=O. The van der Waals surface area contributed by atoms with Gasteiger partial charge in [0.25, 0.3) is 0 Å². The number of ether oxygens (including phenoxy) is 1. The largest absolute Gasteiger partial charge is 0.368 e. The lowest BCUT2D eigenvalue weighted by atomic mass is 9.97. The van der Waals surface area contributed by atoms with E-state index in [0.29, 0.717) is 25.7 Å². The zero-order valence-electron chi connectivity index (χ0n) is 12.3. The minimum absolute atomic E-state index is 0.133. The number of allylic oxidation sites excluding steroid dienone is 2. The Balaban J connectivity index is 1.58. The van der Waals surface area contributed by atoms with E-state index >= 15 is 0 Å². The molecular weight excluding hydrogens is 288 g/mol. The van der Waals surface area contributed by atoms with Crippen LogP contribution in [0, 0.1) is 5.92 Å². The number of hydrogen-bond donors (Lipinski definition) is 1. The van der Waals surface area contributed by atoms with Gasteiger partial charge in [0.2, 0.25) is 0 Å². The Morgan fingerprint density at radius 3 is 2.18 bits per heavy atom. The Kier molecular flexibility index (Phi) is 5.74. The van der Waals surface area contributed by atoms with Gasteiger partial charge in [0.05, 0.1) is 5.92 Å². The van der Waals surface area contributed by atoms with Crippen molar-refractivity contribution in [3.63, 3.8) is 0 Å². The topological polar surface area (TPSA) is 97.7 Å². The molecule has 0 amide bonds. The van der Waals surface area contributed by atoms with Crippen molar-refractivity contribution in [3.8, 4) is 0 Å². The van der Waals surface area contributed by atoms with Gasteiger partial charge < -0.3 is 9.84 Å². The molecule has 0 aromatic carbocycles. The first-order valence-corrected chi connectivity index (χ1v) is 7.64. The molecule has 6 nitrogen and oxygen atoms in total. The number of carbonyl (C=O) groups excluding carboxylic acids is 4. The van der Waals surface area contributed by atoms with Gasteiger partial charge in [-0.1, -0.05) is 12.8 Å². The maximum atomic E-state index is 11.4. The smallest absolute Gasteiger partial charge is 0.177 e. The van der Waals surface area contributed by atoms with Gasteiger partial charge in [-0.25, -0.2) is 0 Å². The number of unbranched alkanes of at least 4 members (excludes halogenated alkanes) is 2. The molecular formula is C16H20O6. The van der Waals surface area contributed by atoms with Crippen LogP contribution in [-0.4, -0.2) is 40.6 Å². The number of aliphatic hydroxyl groups excluding tert-OH is 1. The summed E-state index contributed by atoms with van der Waals surface area (Å²) in [5.41, 5.74) is 0. The predicted molar refractivity (Wildman–Crippen MR) is 75.9 cm³/mol. The molecule has 2 aliphatic rings. The molecule has 1 atom stereocenters. The van der Waals surface area contributed by atoms with Gasteiger partial charge in [0.1, 0.15) is 0 Å². The third-order valence-electron chi connectivity index (χ3n) is 4.04. The van der Waals surface area contributed by atoms with Gasteiger partial charge >= 0.3 is 0 Å². The molecule has 1 saturated carbocycles. The Hall–Kier alpha value is -1.66. The molecule has 0 aliphatic heterocycles. The second-order valence-electron chi connectivity index (χ2n) is 5.73. The molecule has 0 radical (unpaired) electrons. The molecule has 2 aliphatic carbocycles. The molecule has 1 fully saturated rings. The number of carbonyl (C=O) groups is 4. The van der Waals surface area contributed by atoms with E-state index in [1.807, 2.05) is 0 Å². The zero-order valence-corrected chi connectivity index (χ0v) is 12.3. The van der Waals surface area contributed by atoms with E-state index in [9.17, 15) is 24.3 Å². The molecule has 6 heteroatoms. The van der Waals surface area contributed by atoms with E-state index in [1.54, 1.807) is 0 Å². The molecule has 1 N–H and O–H groups in total. The van der Waals surface area contributed by atoms with Crippen LogP contribution in [0.15, 0.2) is 12.2 Å². The summed E-state index contributed by atoms with van der Waals surface area (Å²) in [6.07, 6.45) is 3.70. The Bertz CT molecular complexity index is 473. The van der Waals surface area contributed by atoms with Crippen LogP contribution in [0.2, 0.25) is 0 Å². The summed E-state index contributed by atoms with van der Waals surface area (Å²) in [7, 11) is 0. The van der Waals surface area contributed by atoms with E-state index < -0.39 is 18.3 Å². The highest BCUT2D eigenvalue weighted by molar-refractivity contribution is 6.18. The Labute approximate surface area is 128 Å². The van der Waals surface area contributed by atoms with Crippen LogP contribution in [0.5, 0.6) is 0 Å². The van der Waals surface area contributed by atoms with Crippen molar-refractivity contribution in [2.45, 2.75) is 57.3 Å². The summed E-state index contributed by atoms with van der Waals surface area (Å²) < 4.78 is 5.09. The van der Waals surface area contributed by atoms with Crippen molar-refractivity contribution in [1.29, 1.82) is 0 Å². The van der Waals surface area contributed by atoms with E-state index in [1.165, 1.54) is 12.2 Å². The highest BCUT2D eigenvalue weighted by Crippen LogP contribution is 2.20. The fourth-order valence-corrected chi connectivity index (χ4v) is 2.73. The van der Waals surface area contributed by atoms with Crippen LogP contribution in [0.4, 0.5) is 0 Å². The number of aliphatic hydroxyl groups is 1. The number of ketones is 4. The first kappa shape index (κ1) is 16.7. The lowest BCUT2D eigenvalue weighted by Crippen LogP contribution is -2.30. The quantitative estimate of drug-likeness (QED) is 0.406. The van der Waals surface area contributed by atoms with Gasteiger partial charge in [-0.05, 0) is 31.4 Å². The maximum absolute atomic E-state index is 11.4. The summed E-state index contributed by atoms with van der Waals surface area (Å²) in [5, 5.41) is 9.70. The van der Waals surface area contributed by atoms with E-state index in [0.717, 1.165) is 6.42 Å². The monoisotopic (exact) mass is 308 g/mol. The highest BCUT2D eigenvalue weighted by atomic mass is 16.6. The van der Waals surface area contributed by atoms with E-state index in [-0.39, 0.29) is 36.0 Å². The Morgan fingerprint density at radius 1 is 1.00 bits per heavy atom. The van der Waals surface area contributed by atoms with Crippen molar-refractivity contribution in [2.75, 3.05) is 0 Å². The molecule has 0 spiro atoms. The maximum Gasteiger partial charge on any atom is 0.177 e. The second-order valence-corrected chi connectivity index (χ2v) is 5.73. The van der Waals surface area contributed by atoms with Crippen LogP contribution in [-0.2, 0) is 23.9 Å². The first-order chi connectivity index (χ1) is 10.5. The third kappa shape index (κ3) is 4.18. The summed E-state index contributed by atoms with van der Waals surface area (Å²) in [6, 6.07) is 0. The molecule has 120 valence electrons. The zero-order chi connectivity index (χ0) is 16.1. The summed E-state index contributed by atoms with van der Waals surface area (Å²) >= 11 is 0. The summed E-state index contributed by atoms with van der Waals surface area (Å²) in [5.74, 6) is -1.34. The normalized spacial score (nSPS) is 21.3. The average Bonchev–Trinajstić information content (AvgIpc) is 2.96. The number of Topliss-reactive ketones (excluding diaryl/α,β-unsaturated/α-hetero) is 2. The molecule has 2 rings (SSSR count). The van der Waals surface area contributed by atoms with E-state index in [2.05, 4.69) is 0 Å². The van der Waals surface area contributed by atoms with Crippen molar-refractivity contribution in [1.82, 2.24) is 0 Å². The predicted octanol–water partition coefficient (Wildman–Crippen LogP) is 0.897. The summed E-state index contributed by atoms with van der Waals surface area (Å²) in [6.45, 7) is 0. The van der Waals surface area contributed by atoms with Gasteiger partial charge in [0, 0.05) is 12.8 Å². The molecule has 22 heavy (non-hydrogen) atoms. The first-order valence-electron chi connectivity index (χ1n) is 7.64. The van der Waals surface area contributed by atoms with Crippen molar-refractivity contribution in [3.05, 3.63) is 12.2 Å². The van der Waals surface area contributed by atoms with Crippen LogP contribution in [0.25, 0.3) is 0 Å². The van der Waals surface area contributed by atoms with Crippen molar-refractivity contribution < 1.29 is 29.0 Å². The standard InChI is InChI=1S/C16H20O6/c17-11-6-7-12(18)10(11)4-2-1-3-5-15(21)22-16-13(19)8-9-14(16)20/h6-7,10,15-16,21H,1-5,8-9H2. The number of rotatable bonds is 8. The minimum Gasteiger partial charge on any atom is -0.368 e. The van der Waals surface area contributed by atoms with Crippen LogP contribution in [0.1, 0.15) is 44.9 Å². The lowest BCUT2D eigenvalue weighted by Gasteiger charge is -2.15. The van der Waals surface area contributed by atoms with Crippen LogP contribution >= 0.6 is 0 Å². The van der Waals surface area contributed by atoms with Gasteiger partial charge in [-0.3, -0.25) is 19.2 Å². The van der Waals surface area contributed by atoms with Gasteiger partial charge in [-0.2, -0.15) is 0 Å². The van der Waals surface area contributed by atoms with Crippen LogP contribution < -0.4 is 0 Å². The summed E-state index contributed by atoms with van der Waals surface area (Å²) in [4.78, 5) is 45.5. The second kappa shape index (κ2) is 7.56. The molecule has 0 aromatic rings. The molecule has 0 aromatic heterocycles. The van der Waals surface area contributed by atoms with E-state index in [4.69, 9.17) is 4.74 Å². The fourth-order valence-electron chi connectivity index (χ4n) is 2.73. The number of hydrogen-bond acceptors (Lipinski definition) is 6. The highest BCUT2D eigenvalue weighted by Gasteiger charge is 2.35. The minimum atomic E-state index is -1.13. The lowest BCUT2D eigenvalue weighted by molar-refractivity contribution is -0.164. The van der Waals surface area contributed by atoms with Gasteiger partial charge in [0.15, 0.2) is 35.5 Å². The van der Waals surface area contributed by atoms with Crippen molar-refractivity contribution in [2.24, 2.45) is 5.92 Å².